The normalized spacial score (nSPS) is 9.40. The fourth-order valence-corrected chi connectivity index (χ4v) is 0.776. The van der Waals surface area contributed by atoms with Gasteiger partial charge < -0.3 is 20.8 Å². The summed E-state index contributed by atoms with van der Waals surface area (Å²) in [5, 5.41) is 7.60. The molecule has 0 aliphatic heterocycles. The van der Waals surface area contributed by atoms with Crippen LogP contribution in [0.2, 0.25) is 0 Å². The first-order chi connectivity index (χ1) is 7.15. The minimum absolute atomic E-state index is 0.192. The highest BCUT2D eigenvalue weighted by Crippen LogP contribution is 1.94. The number of carboxylic acid groups (broad SMARTS) is 1. The summed E-state index contributed by atoms with van der Waals surface area (Å²) in [7, 11) is 0. The van der Waals surface area contributed by atoms with Crippen molar-refractivity contribution in [1.82, 2.24) is 19.9 Å². The molecule has 0 amide bonds. The lowest BCUT2D eigenvalue weighted by Crippen LogP contribution is -2.10. The minimum atomic E-state index is -0.968. The van der Waals surface area contributed by atoms with Crippen molar-refractivity contribution in [3.05, 3.63) is 23.0 Å². The van der Waals surface area contributed by atoms with Crippen molar-refractivity contribution >= 4 is 17.1 Å². The van der Waals surface area contributed by atoms with Crippen LogP contribution in [0.15, 0.2) is 17.4 Å². The number of H-pyrrole nitrogens is 2. The molecule has 0 spiro atoms. The monoisotopic (exact) mass is 211 g/mol. The molecule has 0 saturated heterocycles. The van der Waals surface area contributed by atoms with Crippen molar-refractivity contribution in [1.29, 1.82) is 0 Å². The highest BCUT2D eigenvalue weighted by molar-refractivity contribution is 5.68. The molecule has 0 atom stereocenters. The summed E-state index contributed by atoms with van der Waals surface area (Å²) in [6.45, 7) is -0.278. The first-order valence-corrected chi connectivity index (χ1v) is 3.93. The molecular weight excluding hydrogens is 202 g/mol. The number of aromatic amines is 2. The Labute approximate surface area is 83.2 Å². The van der Waals surface area contributed by atoms with Crippen LogP contribution in [0.25, 0.3) is 11.2 Å². The molecule has 2 aromatic heterocycles. The molecule has 0 fully saturated rings. The van der Waals surface area contributed by atoms with Gasteiger partial charge in [-0.1, -0.05) is 0 Å². The van der Waals surface area contributed by atoms with Gasteiger partial charge in [0.1, 0.15) is 0 Å². The Kier molecular flexibility index (Phi) is 3.52. The number of nitrogens with zero attached hydrogens (tertiary/aromatic N) is 2. The first kappa shape index (κ1) is 10.9. The summed E-state index contributed by atoms with van der Waals surface area (Å²) in [5.74, 6) is -0.968. The average Bonchev–Trinajstić information content (AvgIpc) is 2.68. The van der Waals surface area contributed by atoms with Gasteiger partial charge in [0.25, 0.3) is 5.56 Å². The number of nitrogens with two attached hydrogens (primary N) is 1. The lowest BCUT2D eigenvalue weighted by Gasteiger charge is -1.81. The summed E-state index contributed by atoms with van der Waals surface area (Å²) in [4.78, 5) is 32.8. The zero-order valence-electron chi connectivity index (χ0n) is 7.60. The number of carboxylic acids is 1. The second kappa shape index (κ2) is 4.86. The minimum Gasteiger partial charge on any atom is -0.480 e. The van der Waals surface area contributed by atoms with Crippen molar-refractivity contribution in [3.8, 4) is 0 Å². The largest absolute Gasteiger partial charge is 0.480 e. The molecule has 2 aromatic rings. The van der Waals surface area contributed by atoms with Gasteiger partial charge in [-0.25, -0.2) is 9.97 Å². The molecule has 5 N–H and O–H groups in total. The van der Waals surface area contributed by atoms with Gasteiger partial charge in [0, 0.05) is 0 Å². The van der Waals surface area contributed by atoms with Crippen LogP contribution in [0, 0.1) is 0 Å². The molecule has 0 unspecified atom stereocenters. The molecule has 8 nitrogen and oxygen atoms in total. The maximum Gasteiger partial charge on any atom is 0.317 e. The number of nitrogens with one attached hydrogen (secondary N) is 2. The SMILES string of the molecule is NCC(=O)O.O=c1[nH]cnc2nc[nH]c12. The molecule has 0 bridgehead atoms. The zero-order chi connectivity index (χ0) is 11.3. The number of rotatable bonds is 1. The van der Waals surface area contributed by atoms with Gasteiger partial charge in [0.2, 0.25) is 0 Å². The van der Waals surface area contributed by atoms with E-state index in [1.165, 1.54) is 12.7 Å². The van der Waals surface area contributed by atoms with Crippen LogP contribution in [-0.2, 0) is 4.79 Å². The van der Waals surface area contributed by atoms with Crippen LogP contribution in [0.4, 0.5) is 0 Å². The van der Waals surface area contributed by atoms with E-state index in [2.05, 4.69) is 25.7 Å². The number of hydrogen-bond donors (Lipinski definition) is 4. The van der Waals surface area contributed by atoms with Gasteiger partial charge in [0.15, 0.2) is 11.2 Å². The van der Waals surface area contributed by atoms with Crippen molar-refractivity contribution < 1.29 is 9.90 Å². The molecule has 0 saturated carbocycles. The van der Waals surface area contributed by atoms with Crippen molar-refractivity contribution in [2.75, 3.05) is 6.54 Å². The van der Waals surface area contributed by atoms with Gasteiger partial charge in [-0.2, -0.15) is 0 Å². The predicted octanol–water partition coefficient (Wildman–Crippen LogP) is -1.32. The summed E-state index contributed by atoms with van der Waals surface area (Å²) < 4.78 is 0. The molecule has 0 aliphatic carbocycles. The number of aromatic nitrogens is 4. The highest BCUT2D eigenvalue weighted by Gasteiger charge is 1.97. The van der Waals surface area contributed by atoms with E-state index in [4.69, 9.17) is 5.11 Å². The average molecular weight is 211 g/mol. The lowest BCUT2D eigenvalue weighted by molar-refractivity contribution is -0.135. The number of aliphatic carboxylic acids is 1. The third-order valence-electron chi connectivity index (χ3n) is 1.40. The number of hydrogen-bond acceptors (Lipinski definition) is 5. The van der Waals surface area contributed by atoms with Crippen LogP contribution < -0.4 is 11.3 Å². The lowest BCUT2D eigenvalue weighted by atomic mass is 10.6. The molecule has 0 aromatic carbocycles. The fraction of sp³-hybridized carbons (Fsp3) is 0.143. The molecule has 80 valence electrons. The van der Waals surface area contributed by atoms with Gasteiger partial charge >= 0.3 is 5.97 Å². The maximum absolute atomic E-state index is 10.9. The van der Waals surface area contributed by atoms with E-state index in [1.54, 1.807) is 0 Å². The van der Waals surface area contributed by atoms with Crippen LogP contribution in [0.3, 0.4) is 0 Å². The molecule has 0 radical (unpaired) electrons. The molecule has 2 rings (SSSR count). The maximum atomic E-state index is 10.9. The first-order valence-electron chi connectivity index (χ1n) is 3.93. The number of fused-ring (bicyclic) bond motifs is 1. The van der Waals surface area contributed by atoms with Gasteiger partial charge in [-0.3, -0.25) is 9.59 Å². The van der Waals surface area contributed by atoms with Crippen LogP contribution in [0.1, 0.15) is 0 Å². The molecule has 8 heteroatoms. The molecule has 2 heterocycles. The van der Waals surface area contributed by atoms with Crippen molar-refractivity contribution in [2.45, 2.75) is 0 Å². The highest BCUT2D eigenvalue weighted by atomic mass is 16.4. The quantitative estimate of drug-likeness (QED) is 0.461. The van der Waals surface area contributed by atoms with Crippen LogP contribution in [-0.4, -0.2) is 37.6 Å². The van der Waals surface area contributed by atoms with E-state index in [1.807, 2.05) is 0 Å². The third-order valence-corrected chi connectivity index (χ3v) is 1.40. The Morgan fingerprint density at radius 3 is 2.40 bits per heavy atom. The summed E-state index contributed by atoms with van der Waals surface area (Å²) in [6.07, 6.45) is 2.76. The summed E-state index contributed by atoms with van der Waals surface area (Å²) in [5.41, 5.74) is 5.25. The van der Waals surface area contributed by atoms with Gasteiger partial charge in [-0.15, -0.1) is 0 Å². The Morgan fingerprint density at radius 1 is 1.40 bits per heavy atom. The Bertz CT molecular complexity index is 502. The van der Waals surface area contributed by atoms with Crippen LogP contribution >= 0.6 is 0 Å². The zero-order valence-corrected chi connectivity index (χ0v) is 7.60. The topological polar surface area (TPSA) is 138 Å². The number of imidazole rings is 1. The van der Waals surface area contributed by atoms with E-state index in [0.29, 0.717) is 11.2 Å². The molecular formula is C7H9N5O3. The third kappa shape index (κ3) is 2.88. The standard InChI is InChI=1S/C5H4N4O.C2H5NO2/c10-5-3-4(7-1-6-3)8-2-9-5;3-1-2(4)5/h1-2H,(H2,6,7,8,9,10);1,3H2,(H,4,5). The second-order valence-electron chi connectivity index (χ2n) is 2.43. The molecule has 0 aliphatic rings. The van der Waals surface area contributed by atoms with E-state index in [-0.39, 0.29) is 12.1 Å². The summed E-state index contributed by atoms with van der Waals surface area (Å²) in [6, 6.07) is 0. The summed E-state index contributed by atoms with van der Waals surface area (Å²) >= 11 is 0. The predicted molar refractivity (Wildman–Crippen MR) is 51.2 cm³/mol. The number of carbonyl (C=O) groups is 1. The van der Waals surface area contributed by atoms with E-state index < -0.39 is 5.97 Å². The van der Waals surface area contributed by atoms with Crippen molar-refractivity contribution in [3.63, 3.8) is 0 Å². The second-order valence-corrected chi connectivity index (χ2v) is 2.43. The Hall–Kier alpha value is -2.22. The fourth-order valence-electron chi connectivity index (χ4n) is 0.776. The smallest absolute Gasteiger partial charge is 0.317 e. The van der Waals surface area contributed by atoms with Gasteiger partial charge in [-0.05, 0) is 0 Å². The Morgan fingerprint density at radius 2 is 1.93 bits per heavy atom. The van der Waals surface area contributed by atoms with E-state index >= 15 is 0 Å². The van der Waals surface area contributed by atoms with E-state index in [9.17, 15) is 9.59 Å². The van der Waals surface area contributed by atoms with Gasteiger partial charge in [0.05, 0.1) is 19.2 Å². The van der Waals surface area contributed by atoms with Crippen LogP contribution in [0.5, 0.6) is 0 Å². The van der Waals surface area contributed by atoms with Crippen molar-refractivity contribution in [2.24, 2.45) is 5.73 Å². The van der Waals surface area contributed by atoms with E-state index in [0.717, 1.165) is 0 Å². The molecule has 15 heavy (non-hydrogen) atoms. The Balaban J connectivity index is 0.000000195.